The molecule has 0 bridgehead atoms. The van der Waals surface area contributed by atoms with Crippen LogP contribution in [0.2, 0.25) is 0 Å². The lowest BCUT2D eigenvalue weighted by atomic mass is 10.1. The summed E-state index contributed by atoms with van der Waals surface area (Å²) in [7, 11) is 0. The number of benzene rings is 1. The molecule has 0 aromatic heterocycles. The van der Waals surface area contributed by atoms with E-state index in [1.807, 2.05) is 4.90 Å². The lowest BCUT2D eigenvalue weighted by Crippen LogP contribution is -2.49. The van der Waals surface area contributed by atoms with Crippen molar-refractivity contribution in [2.75, 3.05) is 37.6 Å². The fourth-order valence-corrected chi connectivity index (χ4v) is 2.81. The highest BCUT2D eigenvalue weighted by Crippen LogP contribution is 2.31. The Balaban J connectivity index is 1.55. The fraction of sp³-hybridized carbons (Fsp3) is 0.562. The molecule has 1 aliphatic carbocycles. The van der Waals surface area contributed by atoms with Gasteiger partial charge < -0.3 is 15.5 Å². The van der Waals surface area contributed by atoms with E-state index in [0.717, 1.165) is 45.4 Å². The lowest BCUT2D eigenvalue weighted by molar-refractivity contribution is -0.132. The topological polar surface area (TPSA) is 49.6 Å². The molecule has 4 heteroatoms. The van der Waals surface area contributed by atoms with Gasteiger partial charge in [0, 0.05) is 37.8 Å². The predicted molar refractivity (Wildman–Crippen MR) is 80.7 cm³/mol. The van der Waals surface area contributed by atoms with Crippen molar-refractivity contribution in [3.63, 3.8) is 0 Å². The van der Waals surface area contributed by atoms with Gasteiger partial charge in [-0.3, -0.25) is 4.79 Å². The molecule has 3 rings (SSSR count). The minimum atomic E-state index is 0.345. The molecule has 108 valence electrons. The molecule has 2 N–H and O–H groups in total. The zero-order valence-electron chi connectivity index (χ0n) is 11.9. The summed E-state index contributed by atoms with van der Waals surface area (Å²) in [6.07, 6.45) is 3.13. The summed E-state index contributed by atoms with van der Waals surface area (Å²) in [5.74, 6) is 0.722. The normalized spacial score (nSPS) is 19.2. The van der Waals surface area contributed by atoms with Crippen LogP contribution in [0.4, 0.5) is 5.69 Å². The van der Waals surface area contributed by atoms with Gasteiger partial charge in [0.2, 0.25) is 5.91 Å². The molecule has 2 fully saturated rings. The van der Waals surface area contributed by atoms with Crippen LogP contribution in [0.5, 0.6) is 0 Å². The van der Waals surface area contributed by atoms with Crippen molar-refractivity contribution in [2.24, 2.45) is 11.7 Å². The summed E-state index contributed by atoms with van der Waals surface area (Å²) >= 11 is 0. The monoisotopic (exact) mass is 273 g/mol. The predicted octanol–water partition coefficient (Wildman–Crippen LogP) is 1.25. The number of hydrogen-bond acceptors (Lipinski definition) is 3. The van der Waals surface area contributed by atoms with Crippen molar-refractivity contribution < 1.29 is 4.79 Å². The van der Waals surface area contributed by atoms with Crippen molar-refractivity contribution in [3.05, 3.63) is 29.8 Å². The summed E-state index contributed by atoms with van der Waals surface area (Å²) < 4.78 is 0. The van der Waals surface area contributed by atoms with Crippen molar-refractivity contribution >= 4 is 11.6 Å². The number of carbonyl (C=O) groups excluding carboxylic acids is 1. The van der Waals surface area contributed by atoms with E-state index in [-0.39, 0.29) is 0 Å². The van der Waals surface area contributed by atoms with Gasteiger partial charge in [0.05, 0.1) is 0 Å². The molecular weight excluding hydrogens is 250 g/mol. The van der Waals surface area contributed by atoms with Crippen LogP contribution in [-0.2, 0) is 11.2 Å². The summed E-state index contributed by atoms with van der Waals surface area (Å²) in [5.41, 5.74) is 8.11. The number of amides is 1. The van der Waals surface area contributed by atoms with E-state index in [9.17, 15) is 4.79 Å². The highest BCUT2D eigenvalue weighted by Gasteiger charge is 2.34. The van der Waals surface area contributed by atoms with Crippen LogP contribution < -0.4 is 10.6 Å². The second-order valence-corrected chi connectivity index (χ2v) is 5.79. The van der Waals surface area contributed by atoms with Crippen molar-refractivity contribution in [2.45, 2.75) is 19.3 Å². The van der Waals surface area contributed by atoms with Gasteiger partial charge in [0.25, 0.3) is 0 Å². The van der Waals surface area contributed by atoms with Gasteiger partial charge in [-0.25, -0.2) is 0 Å². The summed E-state index contributed by atoms with van der Waals surface area (Å²) in [5, 5.41) is 0. The highest BCUT2D eigenvalue weighted by molar-refractivity contribution is 5.81. The quantitative estimate of drug-likeness (QED) is 0.898. The smallest absolute Gasteiger partial charge is 0.225 e. The molecule has 1 heterocycles. The Morgan fingerprint density at radius 3 is 2.30 bits per heavy atom. The van der Waals surface area contributed by atoms with Crippen LogP contribution in [0.15, 0.2) is 24.3 Å². The first-order valence-electron chi connectivity index (χ1n) is 7.60. The van der Waals surface area contributed by atoms with Crippen LogP contribution in [0.25, 0.3) is 0 Å². The van der Waals surface area contributed by atoms with Crippen LogP contribution in [0.1, 0.15) is 18.4 Å². The molecule has 1 aromatic rings. The van der Waals surface area contributed by atoms with E-state index < -0.39 is 0 Å². The minimum Gasteiger partial charge on any atom is -0.368 e. The maximum absolute atomic E-state index is 12.0. The molecule has 1 saturated heterocycles. The molecule has 0 unspecified atom stereocenters. The summed E-state index contributed by atoms with van der Waals surface area (Å²) in [6, 6.07) is 8.65. The van der Waals surface area contributed by atoms with E-state index in [0.29, 0.717) is 18.4 Å². The molecule has 2 aliphatic rings. The van der Waals surface area contributed by atoms with Gasteiger partial charge in [-0.05, 0) is 43.5 Å². The second-order valence-electron chi connectivity index (χ2n) is 5.79. The standard InChI is InChI=1S/C16H23N3O/c17-8-7-13-1-5-15(6-2-13)18-9-11-19(12-10-18)16(20)14-3-4-14/h1-2,5-6,14H,3-4,7-12,17H2. The van der Waals surface area contributed by atoms with E-state index in [1.165, 1.54) is 11.3 Å². The third-order valence-electron chi connectivity index (χ3n) is 4.25. The second kappa shape index (κ2) is 5.83. The molecule has 1 amide bonds. The molecule has 0 spiro atoms. The summed E-state index contributed by atoms with van der Waals surface area (Å²) in [6.45, 7) is 4.30. The number of carbonyl (C=O) groups is 1. The molecule has 1 aromatic carbocycles. The maximum atomic E-state index is 12.0. The molecule has 1 aliphatic heterocycles. The third-order valence-corrected chi connectivity index (χ3v) is 4.25. The average Bonchev–Trinajstić information content (AvgIpc) is 3.33. The van der Waals surface area contributed by atoms with E-state index in [2.05, 4.69) is 29.2 Å². The number of hydrogen-bond donors (Lipinski definition) is 1. The average molecular weight is 273 g/mol. The molecule has 0 atom stereocenters. The van der Waals surface area contributed by atoms with Crippen LogP contribution in [0.3, 0.4) is 0 Å². The first-order chi connectivity index (χ1) is 9.78. The number of anilines is 1. The van der Waals surface area contributed by atoms with Crippen LogP contribution in [0, 0.1) is 5.92 Å². The third kappa shape index (κ3) is 2.96. The van der Waals surface area contributed by atoms with Gasteiger partial charge in [-0.1, -0.05) is 12.1 Å². The Bertz CT molecular complexity index is 459. The van der Waals surface area contributed by atoms with Crippen LogP contribution >= 0.6 is 0 Å². The van der Waals surface area contributed by atoms with Gasteiger partial charge in [-0.15, -0.1) is 0 Å². The molecule has 1 saturated carbocycles. The lowest BCUT2D eigenvalue weighted by Gasteiger charge is -2.36. The van der Waals surface area contributed by atoms with E-state index in [1.54, 1.807) is 0 Å². The number of rotatable bonds is 4. The minimum absolute atomic E-state index is 0.345. The SMILES string of the molecule is NCCc1ccc(N2CCN(C(=O)C3CC3)CC2)cc1. The van der Waals surface area contributed by atoms with Crippen LogP contribution in [-0.4, -0.2) is 43.5 Å². The highest BCUT2D eigenvalue weighted by atomic mass is 16.2. The largest absolute Gasteiger partial charge is 0.368 e. The zero-order valence-corrected chi connectivity index (χ0v) is 11.9. The molecule has 20 heavy (non-hydrogen) atoms. The van der Waals surface area contributed by atoms with Crippen molar-refractivity contribution in [1.82, 2.24) is 4.90 Å². The Morgan fingerprint density at radius 1 is 1.10 bits per heavy atom. The Morgan fingerprint density at radius 2 is 1.75 bits per heavy atom. The van der Waals surface area contributed by atoms with Crippen molar-refractivity contribution in [1.29, 1.82) is 0 Å². The fourth-order valence-electron chi connectivity index (χ4n) is 2.81. The number of nitrogens with two attached hydrogens (primary N) is 1. The number of nitrogens with zero attached hydrogens (tertiary/aromatic N) is 2. The Kier molecular flexibility index (Phi) is 3.92. The molecular formula is C16H23N3O. The Labute approximate surface area is 120 Å². The zero-order chi connectivity index (χ0) is 13.9. The van der Waals surface area contributed by atoms with Gasteiger partial charge >= 0.3 is 0 Å². The van der Waals surface area contributed by atoms with E-state index >= 15 is 0 Å². The molecule has 0 radical (unpaired) electrons. The van der Waals surface area contributed by atoms with Crippen molar-refractivity contribution in [3.8, 4) is 0 Å². The Hall–Kier alpha value is -1.55. The van der Waals surface area contributed by atoms with Gasteiger partial charge in [0.15, 0.2) is 0 Å². The van der Waals surface area contributed by atoms with Gasteiger partial charge in [-0.2, -0.15) is 0 Å². The first-order valence-corrected chi connectivity index (χ1v) is 7.60. The maximum Gasteiger partial charge on any atom is 0.225 e. The number of piperazine rings is 1. The van der Waals surface area contributed by atoms with E-state index in [4.69, 9.17) is 5.73 Å². The first kappa shape index (κ1) is 13.4. The molecule has 4 nitrogen and oxygen atoms in total. The summed E-state index contributed by atoms with van der Waals surface area (Å²) in [4.78, 5) is 16.4. The van der Waals surface area contributed by atoms with Gasteiger partial charge in [0.1, 0.15) is 0 Å².